The van der Waals surface area contributed by atoms with Crippen LogP contribution in [0, 0.1) is 0 Å². The van der Waals surface area contributed by atoms with Crippen LogP contribution in [0.25, 0.3) is 16.6 Å². The van der Waals surface area contributed by atoms with E-state index in [0.29, 0.717) is 13.1 Å². The highest BCUT2D eigenvalue weighted by molar-refractivity contribution is 5.91. The van der Waals surface area contributed by atoms with Gasteiger partial charge in [0.2, 0.25) is 5.91 Å². The molecule has 0 spiro atoms. The third-order valence-electron chi connectivity index (χ3n) is 4.93. The molecular weight excluding hydrogens is 324 g/mol. The van der Waals surface area contributed by atoms with Crippen molar-refractivity contribution in [2.75, 3.05) is 31.6 Å². The number of anilines is 1. The van der Waals surface area contributed by atoms with Gasteiger partial charge < -0.3 is 14.8 Å². The lowest BCUT2D eigenvalue weighted by Gasteiger charge is -2.29. The molecule has 0 saturated carbocycles. The van der Waals surface area contributed by atoms with E-state index in [2.05, 4.69) is 22.1 Å². The smallest absolute Gasteiger partial charge is 0.242 e. The van der Waals surface area contributed by atoms with Crippen molar-refractivity contribution in [2.24, 2.45) is 0 Å². The Morgan fingerprint density at radius 2 is 2.08 bits per heavy atom. The molecule has 26 heavy (non-hydrogen) atoms. The van der Waals surface area contributed by atoms with Crippen LogP contribution in [-0.4, -0.2) is 47.5 Å². The highest BCUT2D eigenvalue weighted by Gasteiger charge is 2.20. The standard InChI is InChI=1S/C21H22N4O/c1-24(17-6-3-2-4-7-17)15-20(26)25-12-9-16(10-13-25)19-14-23-21-18(19)8-5-11-22-21/h2-9,11,14H,10,12-13,15H2,1H3,(H,22,23). The third kappa shape index (κ3) is 3.20. The zero-order valence-corrected chi connectivity index (χ0v) is 14.9. The van der Waals surface area contributed by atoms with Gasteiger partial charge in [0.1, 0.15) is 5.65 Å². The van der Waals surface area contributed by atoms with Crippen LogP contribution in [0.2, 0.25) is 0 Å². The first-order chi connectivity index (χ1) is 12.7. The van der Waals surface area contributed by atoms with E-state index in [4.69, 9.17) is 0 Å². The summed E-state index contributed by atoms with van der Waals surface area (Å²) in [4.78, 5) is 24.1. The fraction of sp³-hybridized carbons (Fsp3) is 0.238. The molecule has 5 heteroatoms. The number of carbonyl (C=O) groups is 1. The van der Waals surface area contributed by atoms with Gasteiger partial charge >= 0.3 is 0 Å². The van der Waals surface area contributed by atoms with E-state index in [1.54, 1.807) is 6.20 Å². The van der Waals surface area contributed by atoms with Crippen molar-refractivity contribution in [3.8, 4) is 0 Å². The quantitative estimate of drug-likeness (QED) is 0.788. The van der Waals surface area contributed by atoms with Crippen LogP contribution < -0.4 is 4.90 Å². The predicted molar refractivity (Wildman–Crippen MR) is 105 cm³/mol. The van der Waals surface area contributed by atoms with Gasteiger partial charge in [-0.1, -0.05) is 24.3 Å². The third-order valence-corrected chi connectivity index (χ3v) is 4.93. The first-order valence-electron chi connectivity index (χ1n) is 8.88. The van der Waals surface area contributed by atoms with Crippen LogP contribution >= 0.6 is 0 Å². The van der Waals surface area contributed by atoms with E-state index in [9.17, 15) is 4.79 Å². The molecule has 0 bridgehead atoms. The molecule has 0 aliphatic carbocycles. The Bertz CT molecular complexity index is 945. The minimum absolute atomic E-state index is 0.159. The number of hydrogen-bond acceptors (Lipinski definition) is 3. The van der Waals surface area contributed by atoms with Crippen LogP contribution in [0.5, 0.6) is 0 Å². The van der Waals surface area contributed by atoms with Gasteiger partial charge in [0.05, 0.1) is 6.54 Å². The number of H-pyrrole nitrogens is 1. The van der Waals surface area contributed by atoms with Crippen molar-refractivity contribution in [3.63, 3.8) is 0 Å². The molecule has 3 heterocycles. The maximum absolute atomic E-state index is 12.6. The summed E-state index contributed by atoms with van der Waals surface area (Å²) in [7, 11) is 1.96. The van der Waals surface area contributed by atoms with Gasteiger partial charge in [-0.2, -0.15) is 0 Å². The second-order valence-electron chi connectivity index (χ2n) is 6.61. The average molecular weight is 346 g/mol. The minimum Gasteiger partial charge on any atom is -0.365 e. The predicted octanol–water partition coefficient (Wildman–Crippen LogP) is 3.32. The van der Waals surface area contributed by atoms with Crippen molar-refractivity contribution in [3.05, 3.63) is 66.5 Å². The molecule has 0 atom stereocenters. The highest BCUT2D eigenvalue weighted by Crippen LogP contribution is 2.28. The largest absolute Gasteiger partial charge is 0.365 e. The topological polar surface area (TPSA) is 52.2 Å². The lowest BCUT2D eigenvalue weighted by atomic mass is 9.99. The van der Waals surface area contributed by atoms with Crippen molar-refractivity contribution in [2.45, 2.75) is 6.42 Å². The maximum Gasteiger partial charge on any atom is 0.242 e. The van der Waals surface area contributed by atoms with E-state index in [0.717, 1.165) is 29.7 Å². The summed E-state index contributed by atoms with van der Waals surface area (Å²) in [6.45, 7) is 1.80. The molecule has 132 valence electrons. The number of nitrogens with zero attached hydrogens (tertiary/aromatic N) is 3. The Balaban J connectivity index is 1.43. The van der Waals surface area contributed by atoms with Gasteiger partial charge in [0, 0.05) is 49.2 Å². The molecule has 0 fully saturated rings. The maximum atomic E-state index is 12.6. The Morgan fingerprint density at radius 3 is 2.85 bits per heavy atom. The van der Waals surface area contributed by atoms with Crippen LogP contribution in [0.1, 0.15) is 12.0 Å². The van der Waals surface area contributed by atoms with Crippen LogP contribution in [-0.2, 0) is 4.79 Å². The molecule has 5 nitrogen and oxygen atoms in total. The van der Waals surface area contributed by atoms with Crippen molar-refractivity contribution >= 4 is 28.2 Å². The number of benzene rings is 1. The molecule has 1 aliphatic heterocycles. The summed E-state index contributed by atoms with van der Waals surface area (Å²) in [5, 5.41) is 1.14. The fourth-order valence-corrected chi connectivity index (χ4v) is 3.44. The van der Waals surface area contributed by atoms with Gasteiger partial charge in [0.25, 0.3) is 0 Å². The number of para-hydroxylation sites is 1. The number of nitrogens with one attached hydrogen (secondary N) is 1. The lowest BCUT2D eigenvalue weighted by Crippen LogP contribution is -2.41. The van der Waals surface area contributed by atoms with Gasteiger partial charge in [-0.25, -0.2) is 4.98 Å². The summed E-state index contributed by atoms with van der Waals surface area (Å²) in [5.74, 6) is 0.159. The average Bonchev–Trinajstić information content (AvgIpc) is 3.13. The van der Waals surface area contributed by atoms with Crippen molar-refractivity contribution < 1.29 is 4.79 Å². The summed E-state index contributed by atoms with van der Waals surface area (Å²) >= 11 is 0. The Labute approximate surface area is 153 Å². The monoisotopic (exact) mass is 346 g/mol. The van der Waals surface area contributed by atoms with Crippen LogP contribution in [0.3, 0.4) is 0 Å². The second kappa shape index (κ2) is 7.04. The number of likely N-dealkylation sites (N-methyl/N-ethyl adjacent to an activating group) is 1. The van der Waals surface area contributed by atoms with E-state index in [1.165, 1.54) is 11.1 Å². The zero-order valence-electron chi connectivity index (χ0n) is 14.9. The number of aromatic nitrogens is 2. The molecule has 1 amide bonds. The van der Waals surface area contributed by atoms with Crippen molar-refractivity contribution in [1.29, 1.82) is 0 Å². The Hall–Kier alpha value is -3.08. The number of carbonyl (C=O) groups excluding carboxylic acids is 1. The highest BCUT2D eigenvalue weighted by atomic mass is 16.2. The number of pyridine rings is 1. The van der Waals surface area contributed by atoms with E-state index >= 15 is 0 Å². The van der Waals surface area contributed by atoms with E-state index < -0.39 is 0 Å². The van der Waals surface area contributed by atoms with Gasteiger partial charge in [-0.15, -0.1) is 0 Å². The van der Waals surface area contributed by atoms with Gasteiger partial charge in [0.15, 0.2) is 0 Å². The molecule has 3 aromatic rings. The molecular formula is C21H22N4O. The molecule has 1 aliphatic rings. The molecule has 0 radical (unpaired) electrons. The molecule has 2 aromatic heterocycles. The molecule has 1 aromatic carbocycles. The summed E-state index contributed by atoms with van der Waals surface area (Å²) in [5.41, 5.74) is 4.44. The first-order valence-corrected chi connectivity index (χ1v) is 8.88. The Kier molecular flexibility index (Phi) is 4.44. The SMILES string of the molecule is CN(CC(=O)N1CC=C(c2c[nH]c3ncccc23)CC1)c1ccccc1. The van der Waals surface area contributed by atoms with Crippen molar-refractivity contribution in [1.82, 2.24) is 14.9 Å². The van der Waals surface area contributed by atoms with E-state index in [1.807, 2.05) is 59.4 Å². The number of hydrogen-bond donors (Lipinski definition) is 1. The molecule has 1 N–H and O–H groups in total. The second-order valence-corrected chi connectivity index (χ2v) is 6.61. The van der Waals surface area contributed by atoms with Gasteiger partial charge in [-0.05, 0) is 36.3 Å². The summed E-state index contributed by atoms with van der Waals surface area (Å²) < 4.78 is 0. The molecule has 4 rings (SSSR count). The van der Waals surface area contributed by atoms with Crippen LogP contribution in [0.4, 0.5) is 5.69 Å². The van der Waals surface area contributed by atoms with E-state index in [-0.39, 0.29) is 5.91 Å². The lowest BCUT2D eigenvalue weighted by molar-refractivity contribution is -0.129. The fourth-order valence-electron chi connectivity index (χ4n) is 3.44. The number of amides is 1. The normalized spacial score (nSPS) is 14.3. The molecule has 0 saturated heterocycles. The van der Waals surface area contributed by atoms with Gasteiger partial charge in [-0.3, -0.25) is 4.79 Å². The Morgan fingerprint density at radius 1 is 1.23 bits per heavy atom. The zero-order chi connectivity index (χ0) is 17.9. The molecule has 0 unspecified atom stereocenters. The minimum atomic E-state index is 0.159. The number of fused-ring (bicyclic) bond motifs is 1. The van der Waals surface area contributed by atoms with Crippen LogP contribution in [0.15, 0.2) is 60.9 Å². The number of rotatable bonds is 4. The number of aromatic amines is 1. The summed E-state index contributed by atoms with van der Waals surface area (Å²) in [6, 6.07) is 14.0. The first kappa shape index (κ1) is 16.4. The summed E-state index contributed by atoms with van der Waals surface area (Å²) in [6.07, 6.45) is 6.84.